The fourth-order valence-electron chi connectivity index (χ4n) is 1.31. The maximum absolute atomic E-state index is 11.7. The van der Waals surface area contributed by atoms with Crippen molar-refractivity contribution in [2.75, 3.05) is 19.4 Å². The zero-order valence-electron chi connectivity index (χ0n) is 9.95. The van der Waals surface area contributed by atoms with Crippen LogP contribution in [-0.2, 0) is 9.53 Å². The standard InChI is InChI=1S/C12H16N2O3/c1-8-9(4-3-5-10(8)13)12(16)17-7-6-11(15)14-2/h3-5H,6-7,13H2,1-2H3,(H,14,15). The lowest BCUT2D eigenvalue weighted by molar-refractivity contribution is -0.121. The lowest BCUT2D eigenvalue weighted by Gasteiger charge is -2.08. The average molecular weight is 236 g/mol. The van der Waals surface area contributed by atoms with Gasteiger partial charge in [-0.2, -0.15) is 0 Å². The van der Waals surface area contributed by atoms with Crippen LogP contribution in [0.25, 0.3) is 0 Å². The maximum Gasteiger partial charge on any atom is 0.338 e. The molecule has 17 heavy (non-hydrogen) atoms. The first-order valence-corrected chi connectivity index (χ1v) is 5.29. The second-order valence-electron chi connectivity index (χ2n) is 3.58. The average Bonchev–Trinajstić information content (AvgIpc) is 2.32. The van der Waals surface area contributed by atoms with E-state index in [1.165, 1.54) is 7.05 Å². The Balaban J connectivity index is 2.59. The molecule has 1 aromatic rings. The number of rotatable bonds is 4. The van der Waals surface area contributed by atoms with Crippen molar-refractivity contribution < 1.29 is 14.3 Å². The lowest BCUT2D eigenvalue weighted by atomic mass is 10.1. The van der Waals surface area contributed by atoms with Crippen LogP contribution in [0.1, 0.15) is 22.3 Å². The highest BCUT2D eigenvalue weighted by Gasteiger charge is 2.12. The predicted octanol–water partition coefficient (Wildman–Crippen LogP) is 0.870. The molecule has 0 atom stereocenters. The molecule has 0 heterocycles. The Bertz CT molecular complexity index is 430. The smallest absolute Gasteiger partial charge is 0.338 e. The number of nitrogens with one attached hydrogen (secondary N) is 1. The van der Waals surface area contributed by atoms with Crippen LogP contribution >= 0.6 is 0 Å². The molecule has 0 spiro atoms. The van der Waals surface area contributed by atoms with E-state index in [0.717, 1.165) is 0 Å². The van der Waals surface area contributed by atoms with Gasteiger partial charge in [-0.25, -0.2) is 4.79 Å². The number of carbonyl (C=O) groups excluding carboxylic acids is 2. The highest BCUT2D eigenvalue weighted by Crippen LogP contribution is 2.16. The molecular formula is C12H16N2O3. The number of hydrogen-bond acceptors (Lipinski definition) is 4. The molecule has 0 aliphatic carbocycles. The highest BCUT2D eigenvalue weighted by atomic mass is 16.5. The molecule has 92 valence electrons. The number of anilines is 1. The number of nitrogen functional groups attached to an aromatic ring is 1. The van der Waals surface area contributed by atoms with Gasteiger partial charge in [-0.1, -0.05) is 6.07 Å². The molecule has 5 heteroatoms. The minimum Gasteiger partial charge on any atom is -0.462 e. The molecule has 1 rings (SSSR count). The van der Waals surface area contributed by atoms with Crippen LogP contribution in [0.2, 0.25) is 0 Å². The Morgan fingerprint density at radius 2 is 2.12 bits per heavy atom. The summed E-state index contributed by atoms with van der Waals surface area (Å²) in [7, 11) is 1.53. The first-order chi connectivity index (χ1) is 8.06. The lowest BCUT2D eigenvalue weighted by Crippen LogP contribution is -2.20. The highest BCUT2D eigenvalue weighted by molar-refractivity contribution is 5.92. The van der Waals surface area contributed by atoms with Crippen LogP contribution in [0.4, 0.5) is 5.69 Å². The monoisotopic (exact) mass is 236 g/mol. The molecule has 0 radical (unpaired) electrons. The van der Waals surface area contributed by atoms with Crippen LogP contribution < -0.4 is 11.1 Å². The van der Waals surface area contributed by atoms with Crippen LogP contribution in [0, 0.1) is 6.92 Å². The SMILES string of the molecule is CNC(=O)CCOC(=O)c1cccc(N)c1C. The van der Waals surface area contributed by atoms with Gasteiger partial charge in [-0.3, -0.25) is 4.79 Å². The van der Waals surface area contributed by atoms with Crippen molar-refractivity contribution in [3.05, 3.63) is 29.3 Å². The van der Waals surface area contributed by atoms with E-state index in [1.54, 1.807) is 25.1 Å². The Morgan fingerprint density at radius 1 is 1.41 bits per heavy atom. The summed E-state index contributed by atoms with van der Waals surface area (Å²) < 4.78 is 4.98. The van der Waals surface area contributed by atoms with Crippen molar-refractivity contribution >= 4 is 17.6 Å². The molecule has 0 unspecified atom stereocenters. The summed E-state index contributed by atoms with van der Waals surface area (Å²) in [5.41, 5.74) is 7.36. The Hall–Kier alpha value is -2.04. The third-order valence-electron chi connectivity index (χ3n) is 2.44. The second-order valence-corrected chi connectivity index (χ2v) is 3.58. The summed E-state index contributed by atoms with van der Waals surface area (Å²) in [6.07, 6.45) is 0.156. The number of benzene rings is 1. The third-order valence-corrected chi connectivity index (χ3v) is 2.44. The van der Waals surface area contributed by atoms with Crippen molar-refractivity contribution in [2.45, 2.75) is 13.3 Å². The van der Waals surface area contributed by atoms with Crippen molar-refractivity contribution in [3.8, 4) is 0 Å². The summed E-state index contributed by atoms with van der Waals surface area (Å²) in [6, 6.07) is 5.06. The maximum atomic E-state index is 11.7. The number of carbonyl (C=O) groups is 2. The van der Waals surface area contributed by atoms with Crippen molar-refractivity contribution in [1.82, 2.24) is 5.32 Å². The van der Waals surface area contributed by atoms with Crippen molar-refractivity contribution in [2.24, 2.45) is 0 Å². The molecular weight excluding hydrogens is 220 g/mol. The van der Waals surface area contributed by atoms with E-state index in [-0.39, 0.29) is 18.9 Å². The van der Waals surface area contributed by atoms with E-state index in [1.807, 2.05) is 0 Å². The van der Waals surface area contributed by atoms with Crippen LogP contribution in [-0.4, -0.2) is 25.5 Å². The van der Waals surface area contributed by atoms with Gasteiger partial charge in [0, 0.05) is 12.7 Å². The minimum atomic E-state index is -0.460. The van der Waals surface area contributed by atoms with Gasteiger partial charge in [-0.05, 0) is 24.6 Å². The molecule has 0 fully saturated rings. The first kappa shape index (κ1) is 13.0. The quantitative estimate of drug-likeness (QED) is 0.600. The van der Waals surface area contributed by atoms with E-state index in [0.29, 0.717) is 16.8 Å². The predicted molar refractivity (Wildman–Crippen MR) is 64.6 cm³/mol. The normalized spacial score (nSPS) is 9.76. The molecule has 1 amide bonds. The zero-order valence-corrected chi connectivity index (χ0v) is 9.95. The fraction of sp³-hybridized carbons (Fsp3) is 0.333. The number of nitrogens with two attached hydrogens (primary N) is 1. The second kappa shape index (κ2) is 5.89. The van der Waals surface area contributed by atoms with Gasteiger partial charge in [0.25, 0.3) is 0 Å². The van der Waals surface area contributed by atoms with Crippen molar-refractivity contribution in [1.29, 1.82) is 0 Å². The molecule has 0 saturated heterocycles. The van der Waals surface area contributed by atoms with E-state index in [9.17, 15) is 9.59 Å². The number of hydrogen-bond donors (Lipinski definition) is 2. The van der Waals surface area contributed by atoms with Crippen LogP contribution in [0.15, 0.2) is 18.2 Å². The van der Waals surface area contributed by atoms with Crippen LogP contribution in [0.3, 0.4) is 0 Å². The number of esters is 1. The topological polar surface area (TPSA) is 81.4 Å². The third kappa shape index (κ3) is 3.48. The molecule has 3 N–H and O–H groups in total. The summed E-state index contributed by atoms with van der Waals surface area (Å²) in [6.45, 7) is 1.82. The summed E-state index contributed by atoms with van der Waals surface area (Å²) in [5, 5.41) is 2.45. The Morgan fingerprint density at radius 3 is 2.76 bits per heavy atom. The van der Waals surface area contributed by atoms with Gasteiger partial charge in [0.05, 0.1) is 12.0 Å². The van der Waals surface area contributed by atoms with Gasteiger partial charge in [-0.15, -0.1) is 0 Å². The van der Waals surface area contributed by atoms with E-state index < -0.39 is 5.97 Å². The summed E-state index contributed by atoms with van der Waals surface area (Å²) >= 11 is 0. The zero-order chi connectivity index (χ0) is 12.8. The molecule has 1 aromatic carbocycles. The van der Waals surface area contributed by atoms with E-state index in [4.69, 9.17) is 10.5 Å². The van der Waals surface area contributed by atoms with Gasteiger partial charge < -0.3 is 15.8 Å². The Labute approximate surface area is 99.9 Å². The van der Waals surface area contributed by atoms with Gasteiger partial charge >= 0.3 is 5.97 Å². The van der Waals surface area contributed by atoms with Crippen LogP contribution in [0.5, 0.6) is 0 Å². The van der Waals surface area contributed by atoms with E-state index in [2.05, 4.69) is 5.32 Å². The van der Waals surface area contributed by atoms with E-state index >= 15 is 0 Å². The number of amides is 1. The molecule has 0 aliphatic heterocycles. The summed E-state index contributed by atoms with van der Waals surface area (Å²) in [4.78, 5) is 22.6. The molecule has 0 aromatic heterocycles. The first-order valence-electron chi connectivity index (χ1n) is 5.29. The number of ether oxygens (including phenoxy) is 1. The molecule has 5 nitrogen and oxygen atoms in total. The Kier molecular flexibility index (Phi) is 4.51. The summed E-state index contributed by atoms with van der Waals surface area (Å²) in [5.74, 6) is -0.624. The fourth-order valence-corrected chi connectivity index (χ4v) is 1.31. The minimum absolute atomic E-state index is 0.0622. The van der Waals surface area contributed by atoms with Crippen molar-refractivity contribution in [3.63, 3.8) is 0 Å². The molecule has 0 bridgehead atoms. The molecule has 0 saturated carbocycles. The molecule has 0 aliphatic rings. The van der Waals surface area contributed by atoms with Gasteiger partial charge in [0.2, 0.25) is 5.91 Å². The largest absolute Gasteiger partial charge is 0.462 e. The van der Waals surface area contributed by atoms with Gasteiger partial charge in [0.15, 0.2) is 0 Å². The van der Waals surface area contributed by atoms with Gasteiger partial charge in [0.1, 0.15) is 6.61 Å².